The van der Waals surface area contributed by atoms with Gasteiger partial charge in [0.2, 0.25) is 11.2 Å². The second kappa shape index (κ2) is 8.78. The molecule has 29 heavy (non-hydrogen) atoms. The van der Waals surface area contributed by atoms with E-state index in [4.69, 9.17) is 13.9 Å². The van der Waals surface area contributed by atoms with Gasteiger partial charge in [-0.15, -0.1) is 0 Å². The van der Waals surface area contributed by atoms with Crippen molar-refractivity contribution in [2.24, 2.45) is 0 Å². The molecule has 1 aromatic heterocycles. The Morgan fingerprint density at radius 3 is 2.28 bits per heavy atom. The van der Waals surface area contributed by atoms with Crippen molar-refractivity contribution in [1.29, 1.82) is 0 Å². The van der Waals surface area contributed by atoms with E-state index in [1.807, 2.05) is 42.5 Å². The van der Waals surface area contributed by atoms with Gasteiger partial charge >= 0.3 is 5.97 Å². The molecule has 0 atom stereocenters. The number of carbonyl (C=O) groups excluding carboxylic acids is 1. The van der Waals surface area contributed by atoms with Crippen molar-refractivity contribution in [3.8, 4) is 5.75 Å². The number of carbonyl (C=O) groups is 1. The summed E-state index contributed by atoms with van der Waals surface area (Å²) in [6.07, 6.45) is 1.24. The van der Waals surface area contributed by atoms with Crippen LogP contribution in [0.1, 0.15) is 48.0 Å². The van der Waals surface area contributed by atoms with Gasteiger partial charge in [-0.2, -0.15) is 0 Å². The Morgan fingerprint density at radius 2 is 1.66 bits per heavy atom. The van der Waals surface area contributed by atoms with Crippen molar-refractivity contribution < 1.29 is 18.7 Å². The number of rotatable bonds is 6. The molecule has 0 aliphatic heterocycles. The third-order valence-electron chi connectivity index (χ3n) is 4.42. The van der Waals surface area contributed by atoms with Crippen LogP contribution in [0.4, 0.5) is 0 Å². The Morgan fingerprint density at radius 1 is 0.966 bits per heavy atom. The molecule has 0 aliphatic rings. The third kappa shape index (κ3) is 5.57. The van der Waals surface area contributed by atoms with Crippen LogP contribution in [-0.2, 0) is 23.4 Å². The molecular weight excluding hydrogens is 368 g/mol. The molecule has 5 nitrogen and oxygen atoms in total. The quantitative estimate of drug-likeness (QED) is 0.560. The summed E-state index contributed by atoms with van der Waals surface area (Å²) in [6, 6.07) is 18.1. The van der Waals surface area contributed by atoms with Crippen LogP contribution in [0.2, 0.25) is 0 Å². The lowest BCUT2D eigenvalue weighted by Gasteiger charge is -2.18. The first-order valence-electron chi connectivity index (χ1n) is 9.39. The van der Waals surface area contributed by atoms with Crippen molar-refractivity contribution in [3.05, 3.63) is 99.6 Å². The zero-order valence-electron chi connectivity index (χ0n) is 16.8. The predicted octanol–water partition coefficient (Wildman–Crippen LogP) is 4.87. The van der Waals surface area contributed by atoms with Crippen molar-refractivity contribution in [1.82, 2.24) is 0 Å². The first-order chi connectivity index (χ1) is 13.8. The first kappa shape index (κ1) is 20.4. The molecule has 0 saturated carbocycles. The highest BCUT2D eigenvalue weighted by molar-refractivity contribution is 5.89. The molecule has 2 aromatic carbocycles. The van der Waals surface area contributed by atoms with Gasteiger partial charge in [0.15, 0.2) is 0 Å². The Balaban J connectivity index is 1.57. The van der Waals surface area contributed by atoms with Crippen LogP contribution in [-0.4, -0.2) is 5.97 Å². The Hall–Kier alpha value is -3.34. The van der Waals surface area contributed by atoms with Gasteiger partial charge in [0, 0.05) is 6.07 Å². The minimum atomic E-state index is -0.475. The van der Waals surface area contributed by atoms with E-state index in [1.165, 1.54) is 12.3 Å². The van der Waals surface area contributed by atoms with Crippen LogP contribution in [0, 0.1) is 0 Å². The topological polar surface area (TPSA) is 65.7 Å². The standard InChI is InChI=1S/C24H24O5/c1-24(2,3)19-11-9-18(10-12-19)23(26)29-15-20-13-21(25)22(16-27-20)28-14-17-7-5-4-6-8-17/h4-13,16H,14-15H2,1-3H3. The van der Waals surface area contributed by atoms with Gasteiger partial charge in [-0.25, -0.2) is 4.79 Å². The lowest BCUT2D eigenvalue weighted by atomic mass is 9.87. The summed E-state index contributed by atoms with van der Waals surface area (Å²) >= 11 is 0. The van der Waals surface area contributed by atoms with Crippen LogP contribution in [0.3, 0.4) is 0 Å². The Kier molecular flexibility index (Phi) is 6.17. The fraction of sp³-hybridized carbons (Fsp3) is 0.250. The highest BCUT2D eigenvalue weighted by atomic mass is 16.5. The number of esters is 1. The van der Waals surface area contributed by atoms with Crippen molar-refractivity contribution in [2.45, 2.75) is 39.4 Å². The van der Waals surface area contributed by atoms with Gasteiger partial charge in [0.1, 0.15) is 25.2 Å². The second-order valence-corrected chi connectivity index (χ2v) is 7.75. The highest BCUT2D eigenvalue weighted by Gasteiger charge is 2.15. The summed E-state index contributed by atoms with van der Waals surface area (Å²) in [4.78, 5) is 24.4. The largest absolute Gasteiger partial charge is 0.482 e. The average Bonchev–Trinajstić information content (AvgIpc) is 2.71. The monoisotopic (exact) mass is 392 g/mol. The van der Waals surface area contributed by atoms with Crippen molar-refractivity contribution in [2.75, 3.05) is 0 Å². The smallest absolute Gasteiger partial charge is 0.338 e. The number of benzene rings is 2. The molecule has 0 fully saturated rings. The SMILES string of the molecule is CC(C)(C)c1ccc(C(=O)OCc2cc(=O)c(OCc3ccccc3)co2)cc1. The van der Waals surface area contributed by atoms with Crippen LogP contribution in [0.15, 0.2) is 76.1 Å². The van der Waals surface area contributed by atoms with Gasteiger partial charge in [-0.3, -0.25) is 4.79 Å². The molecule has 0 bridgehead atoms. The summed E-state index contributed by atoms with van der Waals surface area (Å²) in [5, 5.41) is 0. The maximum Gasteiger partial charge on any atom is 0.338 e. The molecule has 0 spiro atoms. The summed E-state index contributed by atoms with van der Waals surface area (Å²) in [5.41, 5.74) is 2.21. The maximum absolute atomic E-state index is 12.2. The van der Waals surface area contributed by atoms with E-state index in [0.29, 0.717) is 5.56 Å². The van der Waals surface area contributed by atoms with E-state index in [9.17, 15) is 9.59 Å². The molecule has 3 aromatic rings. The second-order valence-electron chi connectivity index (χ2n) is 7.75. The molecular formula is C24H24O5. The molecule has 1 heterocycles. The molecule has 0 aliphatic carbocycles. The normalized spacial score (nSPS) is 11.1. The number of ether oxygens (including phenoxy) is 2. The first-order valence-corrected chi connectivity index (χ1v) is 9.39. The third-order valence-corrected chi connectivity index (χ3v) is 4.42. The molecule has 150 valence electrons. The molecule has 0 radical (unpaired) electrons. The van der Waals surface area contributed by atoms with Gasteiger partial charge in [-0.05, 0) is 28.7 Å². The van der Waals surface area contributed by atoms with E-state index < -0.39 is 5.97 Å². The molecule has 0 amide bonds. The Labute approximate surface area is 169 Å². The summed E-state index contributed by atoms with van der Waals surface area (Å²) in [6.45, 7) is 6.46. The summed E-state index contributed by atoms with van der Waals surface area (Å²) in [7, 11) is 0. The minimum Gasteiger partial charge on any atom is -0.482 e. The van der Waals surface area contributed by atoms with E-state index in [0.717, 1.165) is 11.1 Å². The van der Waals surface area contributed by atoms with Gasteiger partial charge in [0.25, 0.3) is 0 Å². The van der Waals surface area contributed by atoms with Crippen molar-refractivity contribution >= 4 is 5.97 Å². The number of hydrogen-bond donors (Lipinski definition) is 0. The zero-order chi connectivity index (χ0) is 20.9. The average molecular weight is 392 g/mol. The summed E-state index contributed by atoms with van der Waals surface area (Å²) in [5.74, 6) is -0.110. The predicted molar refractivity (Wildman–Crippen MR) is 110 cm³/mol. The van der Waals surface area contributed by atoms with Crippen LogP contribution in [0.25, 0.3) is 0 Å². The Bertz CT molecular complexity index is 1010. The summed E-state index contributed by atoms with van der Waals surface area (Å²) < 4.78 is 16.1. The fourth-order valence-corrected chi connectivity index (χ4v) is 2.68. The highest BCUT2D eigenvalue weighted by Crippen LogP contribution is 2.22. The molecule has 3 rings (SSSR count). The van der Waals surface area contributed by atoms with Crippen LogP contribution in [0.5, 0.6) is 5.75 Å². The molecule has 0 N–H and O–H groups in total. The number of hydrogen-bond acceptors (Lipinski definition) is 5. The lowest BCUT2D eigenvalue weighted by Crippen LogP contribution is -2.12. The van der Waals surface area contributed by atoms with E-state index >= 15 is 0 Å². The fourth-order valence-electron chi connectivity index (χ4n) is 2.68. The molecule has 5 heteroatoms. The van der Waals surface area contributed by atoms with Crippen molar-refractivity contribution in [3.63, 3.8) is 0 Å². The van der Waals surface area contributed by atoms with Crippen LogP contribution < -0.4 is 10.2 Å². The maximum atomic E-state index is 12.2. The molecule has 0 unspecified atom stereocenters. The van der Waals surface area contributed by atoms with Gasteiger partial charge in [-0.1, -0.05) is 63.2 Å². The zero-order valence-corrected chi connectivity index (χ0v) is 16.8. The minimum absolute atomic E-state index is 0.0101. The van der Waals surface area contributed by atoms with E-state index in [1.54, 1.807) is 12.1 Å². The van der Waals surface area contributed by atoms with E-state index in [-0.39, 0.29) is 35.6 Å². The lowest BCUT2D eigenvalue weighted by molar-refractivity contribution is 0.0442. The van der Waals surface area contributed by atoms with E-state index in [2.05, 4.69) is 20.8 Å². The van der Waals surface area contributed by atoms with Crippen LogP contribution >= 0.6 is 0 Å². The van der Waals surface area contributed by atoms with Gasteiger partial charge < -0.3 is 13.9 Å². The van der Waals surface area contributed by atoms with Gasteiger partial charge in [0.05, 0.1) is 5.56 Å². The molecule has 0 saturated heterocycles.